The number of fused-ring (bicyclic) bond motifs is 1. The Morgan fingerprint density at radius 2 is 1.95 bits per heavy atom. The highest BCUT2D eigenvalue weighted by atomic mass is 32.1. The first-order valence-electron chi connectivity index (χ1n) is 6.52. The van der Waals surface area contributed by atoms with Gasteiger partial charge in [0.1, 0.15) is 4.88 Å². The lowest BCUT2D eigenvalue weighted by atomic mass is 10.1. The minimum absolute atomic E-state index is 0.405. The van der Waals surface area contributed by atoms with Crippen LogP contribution in [0.25, 0.3) is 0 Å². The van der Waals surface area contributed by atoms with Gasteiger partial charge in [0.25, 0.3) is 0 Å². The van der Waals surface area contributed by atoms with Gasteiger partial charge in [-0.2, -0.15) is 0 Å². The van der Waals surface area contributed by atoms with E-state index in [1.165, 1.54) is 22.7 Å². The van der Waals surface area contributed by atoms with Crippen molar-refractivity contribution in [3.8, 4) is 0 Å². The number of anilines is 2. The predicted molar refractivity (Wildman–Crippen MR) is 82.0 cm³/mol. The van der Waals surface area contributed by atoms with Gasteiger partial charge in [0.15, 0.2) is 0 Å². The highest BCUT2D eigenvalue weighted by molar-refractivity contribution is 7.13. The monoisotopic (exact) mass is 288 g/mol. The summed E-state index contributed by atoms with van der Waals surface area (Å²) in [5.74, 6) is -0.847. The summed E-state index contributed by atoms with van der Waals surface area (Å²) >= 11 is 1.36. The van der Waals surface area contributed by atoms with Crippen LogP contribution in [0, 0.1) is 0 Å². The quantitative estimate of drug-likeness (QED) is 0.943. The van der Waals surface area contributed by atoms with E-state index in [1.807, 2.05) is 18.2 Å². The molecule has 1 aliphatic rings. The largest absolute Gasteiger partial charge is 0.477 e. The van der Waals surface area contributed by atoms with Crippen molar-refractivity contribution in [2.45, 2.75) is 6.54 Å². The summed E-state index contributed by atoms with van der Waals surface area (Å²) in [6, 6.07) is 11.9. The van der Waals surface area contributed by atoms with Crippen LogP contribution in [0.3, 0.4) is 0 Å². The Hall–Kier alpha value is -2.01. The average molecular weight is 288 g/mol. The summed E-state index contributed by atoms with van der Waals surface area (Å²) < 4.78 is 0. The van der Waals surface area contributed by atoms with Gasteiger partial charge in [0.2, 0.25) is 0 Å². The van der Waals surface area contributed by atoms with E-state index in [0.717, 1.165) is 24.5 Å². The van der Waals surface area contributed by atoms with E-state index in [0.29, 0.717) is 4.88 Å². The lowest BCUT2D eigenvalue weighted by molar-refractivity contribution is 0.0702. The van der Waals surface area contributed by atoms with Crippen molar-refractivity contribution in [3.63, 3.8) is 0 Å². The molecule has 0 aliphatic carbocycles. The Labute approximate surface area is 121 Å². The Morgan fingerprint density at radius 3 is 2.65 bits per heavy atom. The maximum atomic E-state index is 10.9. The molecule has 1 aromatic carbocycles. The molecule has 0 radical (unpaired) electrons. The van der Waals surface area contributed by atoms with Gasteiger partial charge in [-0.3, -0.25) is 0 Å². The maximum absolute atomic E-state index is 10.9. The predicted octanol–water partition coefficient (Wildman–Crippen LogP) is 2.90. The van der Waals surface area contributed by atoms with Gasteiger partial charge in [-0.1, -0.05) is 12.1 Å². The van der Waals surface area contributed by atoms with Crippen LogP contribution in [-0.2, 0) is 6.54 Å². The number of hydrogen-bond acceptors (Lipinski definition) is 4. The van der Waals surface area contributed by atoms with Gasteiger partial charge >= 0.3 is 5.97 Å². The Morgan fingerprint density at radius 1 is 1.20 bits per heavy atom. The molecule has 0 saturated heterocycles. The SMILES string of the molecule is CN1CCN(Cc2ccc(C(=O)O)s2)c2ccccc21. The minimum atomic E-state index is -0.847. The number of para-hydroxylation sites is 2. The van der Waals surface area contributed by atoms with E-state index < -0.39 is 5.97 Å². The molecule has 1 N–H and O–H groups in total. The molecule has 0 atom stereocenters. The van der Waals surface area contributed by atoms with Crippen LogP contribution in [0.5, 0.6) is 0 Å². The van der Waals surface area contributed by atoms with E-state index in [4.69, 9.17) is 5.11 Å². The number of nitrogens with zero attached hydrogens (tertiary/aromatic N) is 2. The second kappa shape index (κ2) is 5.17. The van der Waals surface area contributed by atoms with Crippen molar-refractivity contribution in [3.05, 3.63) is 46.2 Å². The number of hydrogen-bond donors (Lipinski definition) is 1. The molecule has 1 aromatic heterocycles. The number of carboxylic acid groups (broad SMARTS) is 1. The summed E-state index contributed by atoms with van der Waals surface area (Å²) in [4.78, 5) is 17.0. The van der Waals surface area contributed by atoms with Crippen LogP contribution in [-0.4, -0.2) is 31.2 Å². The van der Waals surface area contributed by atoms with Gasteiger partial charge < -0.3 is 14.9 Å². The first-order valence-corrected chi connectivity index (χ1v) is 7.34. The Bertz CT molecular complexity index is 638. The molecular weight excluding hydrogens is 272 g/mol. The number of benzene rings is 1. The molecule has 1 aliphatic heterocycles. The van der Waals surface area contributed by atoms with Gasteiger partial charge in [0, 0.05) is 25.0 Å². The minimum Gasteiger partial charge on any atom is -0.477 e. The molecule has 0 fully saturated rings. The summed E-state index contributed by atoms with van der Waals surface area (Å²) in [5.41, 5.74) is 2.44. The van der Waals surface area contributed by atoms with Crippen LogP contribution in [0.2, 0.25) is 0 Å². The summed E-state index contributed by atoms with van der Waals surface area (Å²) in [7, 11) is 2.10. The first-order chi connectivity index (χ1) is 9.65. The van der Waals surface area contributed by atoms with Crippen LogP contribution in [0.4, 0.5) is 11.4 Å². The fourth-order valence-electron chi connectivity index (χ4n) is 2.50. The molecule has 104 valence electrons. The average Bonchev–Trinajstić information content (AvgIpc) is 2.91. The number of carboxylic acids is 1. The standard InChI is InChI=1S/C15H16N2O2S/c1-16-8-9-17(13-5-3-2-4-12(13)16)10-11-6-7-14(20-11)15(18)19/h2-7H,8-10H2,1H3,(H,18,19). The molecule has 0 spiro atoms. The van der Waals surface area contributed by atoms with Crippen molar-refractivity contribution < 1.29 is 9.90 Å². The lowest BCUT2D eigenvalue weighted by Gasteiger charge is -2.36. The van der Waals surface area contributed by atoms with Crippen molar-refractivity contribution in [1.29, 1.82) is 0 Å². The second-order valence-corrected chi connectivity index (χ2v) is 6.07. The highest BCUT2D eigenvalue weighted by Gasteiger charge is 2.20. The van der Waals surface area contributed by atoms with Gasteiger partial charge in [-0.15, -0.1) is 11.3 Å². The van der Waals surface area contributed by atoms with Crippen molar-refractivity contribution in [2.75, 3.05) is 29.9 Å². The molecule has 3 rings (SSSR count). The molecule has 2 heterocycles. The number of carbonyl (C=O) groups is 1. The molecule has 2 aromatic rings. The molecular formula is C15H16N2O2S. The molecule has 0 unspecified atom stereocenters. The summed E-state index contributed by atoms with van der Waals surface area (Å²) in [6.45, 7) is 2.70. The second-order valence-electron chi connectivity index (χ2n) is 4.90. The number of aromatic carboxylic acids is 1. The first kappa shape index (κ1) is 13.0. The van der Waals surface area contributed by atoms with E-state index in [1.54, 1.807) is 6.07 Å². The summed E-state index contributed by atoms with van der Waals surface area (Å²) in [5, 5.41) is 8.99. The van der Waals surface area contributed by atoms with E-state index >= 15 is 0 Å². The molecule has 5 heteroatoms. The van der Waals surface area contributed by atoms with Crippen LogP contribution in [0.1, 0.15) is 14.5 Å². The van der Waals surface area contributed by atoms with Crippen molar-refractivity contribution in [2.24, 2.45) is 0 Å². The zero-order valence-electron chi connectivity index (χ0n) is 11.2. The van der Waals surface area contributed by atoms with E-state index in [2.05, 4.69) is 29.0 Å². The molecule has 20 heavy (non-hydrogen) atoms. The number of likely N-dealkylation sites (N-methyl/N-ethyl adjacent to an activating group) is 1. The molecule has 0 amide bonds. The van der Waals surface area contributed by atoms with Gasteiger partial charge in [-0.25, -0.2) is 4.79 Å². The normalized spacial score (nSPS) is 14.2. The van der Waals surface area contributed by atoms with E-state index in [-0.39, 0.29) is 0 Å². The van der Waals surface area contributed by atoms with Crippen LogP contribution < -0.4 is 9.80 Å². The molecule has 4 nitrogen and oxygen atoms in total. The Balaban J connectivity index is 1.84. The summed E-state index contributed by atoms with van der Waals surface area (Å²) in [6.07, 6.45) is 0. The smallest absolute Gasteiger partial charge is 0.345 e. The lowest BCUT2D eigenvalue weighted by Crippen LogP contribution is -2.38. The fraction of sp³-hybridized carbons (Fsp3) is 0.267. The third-order valence-corrected chi connectivity index (χ3v) is 4.62. The highest BCUT2D eigenvalue weighted by Crippen LogP contribution is 2.33. The topological polar surface area (TPSA) is 43.8 Å². The van der Waals surface area contributed by atoms with E-state index in [9.17, 15) is 4.79 Å². The van der Waals surface area contributed by atoms with Gasteiger partial charge in [-0.05, 0) is 24.3 Å². The Kier molecular flexibility index (Phi) is 3.36. The van der Waals surface area contributed by atoms with Crippen molar-refractivity contribution >= 4 is 28.7 Å². The zero-order valence-corrected chi connectivity index (χ0v) is 12.1. The number of rotatable bonds is 3. The fourth-order valence-corrected chi connectivity index (χ4v) is 3.36. The molecule has 0 saturated carbocycles. The van der Waals surface area contributed by atoms with Gasteiger partial charge in [0.05, 0.1) is 17.9 Å². The third-order valence-electron chi connectivity index (χ3n) is 3.56. The van der Waals surface area contributed by atoms with Crippen LogP contribution in [0.15, 0.2) is 36.4 Å². The van der Waals surface area contributed by atoms with Crippen LogP contribution >= 0.6 is 11.3 Å². The maximum Gasteiger partial charge on any atom is 0.345 e. The molecule has 0 bridgehead atoms. The third kappa shape index (κ3) is 2.36. The van der Waals surface area contributed by atoms with Crippen molar-refractivity contribution in [1.82, 2.24) is 0 Å². The number of thiophene rings is 1. The zero-order chi connectivity index (χ0) is 14.1.